The van der Waals surface area contributed by atoms with Gasteiger partial charge in [0.05, 0.1) is 15.7 Å². The van der Waals surface area contributed by atoms with Gasteiger partial charge in [0.25, 0.3) is 0 Å². The molecule has 6 heteroatoms. The molecule has 0 radical (unpaired) electrons. The highest BCUT2D eigenvalue weighted by Gasteiger charge is 2.10. The molecule has 0 saturated heterocycles. The Kier molecular flexibility index (Phi) is 4.38. The number of benzene rings is 1. The van der Waals surface area contributed by atoms with E-state index in [4.69, 9.17) is 34.8 Å². The number of hydrogen-bond donors (Lipinski definition) is 1. The lowest BCUT2D eigenvalue weighted by Gasteiger charge is -2.11. The average molecular weight is 366 g/mol. The highest BCUT2D eigenvalue weighted by atomic mass is 79.9. The first-order chi connectivity index (χ1) is 8.49. The molecule has 0 atom stereocenters. The van der Waals surface area contributed by atoms with Crippen molar-refractivity contribution in [2.45, 2.75) is 6.92 Å². The minimum absolute atomic E-state index is 0.215. The van der Waals surface area contributed by atoms with E-state index in [-0.39, 0.29) is 5.15 Å². The van der Waals surface area contributed by atoms with Crippen molar-refractivity contribution in [2.75, 3.05) is 5.32 Å². The Morgan fingerprint density at radius 2 is 1.89 bits per heavy atom. The molecule has 18 heavy (non-hydrogen) atoms. The number of nitrogens with one attached hydrogen (secondary N) is 1. The fraction of sp³-hybridized carbons (Fsp3) is 0.0833. The van der Waals surface area contributed by atoms with Crippen LogP contribution in [0.1, 0.15) is 5.56 Å². The maximum atomic E-state index is 6.06. The molecule has 1 N–H and O–H groups in total. The Morgan fingerprint density at radius 3 is 2.61 bits per heavy atom. The normalized spacial score (nSPS) is 10.5. The molecule has 0 amide bonds. The van der Waals surface area contributed by atoms with Crippen molar-refractivity contribution in [3.05, 3.63) is 49.5 Å². The van der Waals surface area contributed by atoms with Gasteiger partial charge in [-0.1, -0.05) is 46.9 Å². The van der Waals surface area contributed by atoms with Gasteiger partial charge < -0.3 is 5.32 Å². The Hall–Kier alpha value is -0.480. The summed E-state index contributed by atoms with van der Waals surface area (Å²) >= 11 is 21.3. The Labute approximate surface area is 128 Å². The lowest BCUT2D eigenvalue weighted by Crippen LogP contribution is -1.97. The summed E-state index contributed by atoms with van der Waals surface area (Å²) in [5.74, 6) is 0.470. The van der Waals surface area contributed by atoms with Gasteiger partial charge in [-0.2, -0.15) is 0 Å². The smallest absolute Gasteiger partial charge is 0.151 e. The van der Waals surface area contributed by atoms with Crippen molar-refractivity contribution in [2.24, 2.45) is 0 Å². The standard InChI is InChI=1S/C12H8BrCl3N2/c1-6-3-2-4-9(10(6)13)17-12-8(15)5-7(14)11(16)18-12/h2-5H,1H3,(H,17,18). The van der Waals surface area contributed by atoms with Gasteiger partial charge in [0.15, 0.2) is 5.82 Å². The summed E-state index contributed by atoms with van der Waals surface area (Å²) in [5.41, 5.74) is 1.97. The van der Waals surface area contributed by atoms with Crippen molar-refractivity contribution < 1.29 is 0 Å². The SMILES string of the molecule is Cc1cccc(Nc2nc(Cl)c(Cl)cc2Cl)c1Br. The van der Waals surface area contributed by atoms with Crippen molar-refractivity contribution in [3.63, 3.8) is 0 Å². The molecule has 0 spiro atoms. The van der Waals surface area contributed by atoms with E-state index in [1.165, 1.54) is 0 Å². The molecular formula is C12H8BrCl3N2. The van der Waals surface area contributed by atoms with Crippen molar-refractivity contribution in [1.82, 2.24) is 4.98 Å². The van der Waals surface area contributed by atoms with Crippen LogP contribution in [0.15, 0.2) is 28.7 Å². The summed E-state index contributed by atoms with van der Waals surface area (Å²) in [6.07, 6.45) is 0. The summed E-state index contributed by atoms with van der Waals surface area (Å²) in [6.45, 7) is 2.00. The number of rotatable bonds is 2. The zero-order valence-corrected chi connectivity index (χ0v) is 13.1. The Balaban J connectivity index is 2.40. The second-order valence-electron chi connectivity index (χ2n) is 3.65. The molecule has 1 aromatic carbocycles. The molecule has 1 aromatic heterocycles. The zero-order chi connectivity index (χ0) is 13.3. The van der Waals surface area contributed by atoms with Crippen molar-refractivity contribution >= 4 is 62.2 Å². The minimum Gasteiger partial charge on any atom is -0.338 e. The monoisotopic (exact) mass is 364 g/mol. The van der Waals surface area contributed by atoms with Gasteiger partial charge in [-0.3, -0.25) is 0 Å². The first kappa shape index (κ1) is 13.9. The molecule has 0 aliphatic heterocycles. The van der Waals surface area contributed by atoms with E-state index in [2.05, 4.69) is 26.2 Å². The number of aromatic nitrogens is 1. The van der Waals surface area contributed by atoms with E-state index in [1.54, 1.807) is 6.07 Å². The maximum Gasteiger partial charge on any atom is 0.151 e. The molecular weight excluding hydrogens is 358 g/mol. The molecule has 0 unspecified atom stereocenters. The van der Waals surface area contributed by atoms with Gasteiger partial charge in [-0.05, 0) is 40.5 Å². The van der Waals surface area contributed by atoms with Crippen LogP contribution in [0.3, 0.4) is 0 Å². The molecule has 2 nitrogen and oxygen atoms in total. The van der Waals surface area contributed by atoms with Crippen molar-refractivity contribution in [3.8, 4) is 0 Å². The third-order valence-corrected chi connectivity index (χ3v) is 4.35. The van der Waals surface area contributed by atoms with Gasteiger partial charge in [-0.25, -0.2) is 4.98 Å². The van der Waals surface area contributed by atoms with Crippen LogP contribution in [0.5, 0.6) is 0 Å². The summed E-state index contributed by atoms with van der Waals surface area (Å²) in [7, 11) is 0. The second kappa shape index (κ2) is 5.66. The van der Waals surface area contributed by atoms with Crippen LogP contribution < -0.4 is 5.32 Å². The Morgan fingerprint density at radius 1 is 1.17 bits per heavy atom. The average Bonchev–Trinajstić information content (AvgIpc) is 2.32. The first-order valence-electron chi connectivity index (χ1n) is 5.02. The summed E-state index contributed by atoms with van der Waals surface area (Å²) in [5, 5.41) is 4.08. The lowest BCUT2D eigenvalue weighted by atomic mass is 10.2. The van der Waals surface area contributed by atoms with E-state index >= 15 is 0 Å². The number of aryl methyl sites for hydroxylation is 1. The fourth-order valence-electron chi connectivity index (χ4n) is 1.40. The number of halogens is 4. The van der Waals surface area contributed by atoms with Gasteiger partial charge in [0.1, 0.15) is 5.15 Å². The molecule has 2 aromatic rings. The molecule has 0 fully saturated rings. The van der Waals surface area contributed by atoms with E-state index in [1.807, 2.05) is 25.1 Å². The van der Waals surface area contributed by atoms with Crippen LogP contribution in [0.4, 0.5) is 11.5 Å². The number of nitrogens with zero attached hydrogens (tertiary/aromatic N) is 1. The van der Waals surface area contributed by atoms with Crippen molar-refractivity contribution in [1.29, 1.82) is 0 Å². The highest BCUT2D eigenvalue weighted by Crippen LogP contribution is 2.33. The van der Waals surface area contributed by atoms with Crippen LogP contribution in [0, 0.1) is 6.92 Å². The summed E-state index contributed by atoms with van der Waals surface area (Å²) in [6, 6.07) is 7.41. The molecule has 94 valence electrons. The molecule has 0 aliphatic rings. The van der Waals surface area contributed by atoms with Crippen LogP contribution in [0.25, 0.3) is 0 Å². The van der Waals surface area contributed by atoms with Gasteiger partial charge in [0.2, 0.25) is 0 Å². The van der Waals surface area contributed by atoms with E-state index in [0.717, 1.165) is 15.7 Å². The molecule has 2 rings (SSSR count). The third kappa shape index (κ3) is 2.91. The van der Waals surface area contributed by atoms with E-state index < -0.39 is 0 Å². The van der Waals surface area contributed by atoms with E-state index in [0.29, 0.717) is 15.9 Å². The number of hydrogen-bond acceptors (Lipinski definition) is 2. The van der Waals surface area contributed by atoms with Gasteiger partial charge >= 0.3 is 0 Å². The number of pyridine rings is 1. The van der Waals surface area contributed by atoms with E-state index in [9.17, 15) is 0 Å². The minimum atomic E-state index is 0.215. The molecule has 0 aliphatic carbocycles. The second-order valence-corrected chi connectivity index (χ2v) is 5.62. The topological polar surface area (TPSA) is 24.9 Å². The largest absolute Gasteiger partial charge is 0.338 e. The van der Waals surface area contributed by atoms with Crippen LogP contribution >= 0.6 is 50.7 Å². The van der Waals surface area contributed by atoms with Gasteiger partial charge in [-0.15, -0.1) is 0 Å². The third-order valence-electron chi connectivity index (χ3n) is 2.33. The lowest BCUT2D eigenvalue weighted by molar-refractivity contribution is 1.30. The van der Waals surface area contributed by atoms with Gasteiger partial charge in [0, 0.05) is 4.47 Å². The van der Waals surface area contributed by atoms with Crippen LogP contribution in [0.2, 0.25) is 15.2 Å². The fourth-order valence-corrected chi connectivity index (χ4v) is 2.31. The molecule has 1 heterocycles. The summed E-state index contributed by atoms with van der Waals surface area (Å²) < 4.78 is 0.953. The van der Waals surface area contributed by atoms with Crippen LogP contribution in [-0.4, -0.2) is 4.98 Å². The first-order valence-corrected chi connectivity index (χ1v) is 6.95. The predicted molar refractivity (Wildman–Crippen MR) is 81.4 cm³/mol. The van der Waals surface area contributed by atoms with Crippen LogP contribution in [-0.2, 0) is 0 Å². The zero-order valence-electron chi connectivity index (χ0n) is 9.27. The quantitative estimate of drug-likeness (QED) is 0.674. The predicted octanol–water partition coefficient (Wildman–Crippen LogP) is 5.86. The maximum absolute atomic E-state index is 6.06. The Bertz CT molecular complexity index is 602. The molecule has 0 saturated carbocycles. The molecule has 0 bridgehead atoms. The summed E-state index contributed by atoms with van der Waals surface area (Å²) in [4.78, 5) is 4.11. The highest BCUT2D eigenvalue weighted by molar-refractivity contribution is 9.10. The number of anilines is 2.